The Hall–Kier alpha value is -2.44. The number of hydrogen-bond donors (Lipinski definition) is 2. The van der Waals surface area contributed by atoms with E-state index >= 15 is 0 Å². The number of fused-ring (bicyclic) bond motifs is 1. The molecule has 0 atom stereocenters. The molecule has 6 nitrogen and oxygen atoms in total. The summed E-state index contributed by atoms with van der Waals surface area (Å²) in [6.45, 7) is 2.51. The van der Waals surface area contributed by atoms with Crippen molar-refractivity contribution in [2.24, 2.45) is 0 Å². The molecule has 1 aliphatic heterocycles. The van der Waals surface area contributed by atoms with Crippen LogP contribution in [-0.4, -0.2) is 50.8 Å². The molecule has 2 fully saturated rings. The molecule has 0 bridgehead atoms. The van der Waals surface area contributed by atoms with Gasteiger partial charge in [-0.05, 0) is 63.7 Å². The van der Waals surface area contributed by atoms with E-state index in [2.05, 4.69) is 25.2 Å². The first-order valence-corrected chi connectivity index (χ1v) is 11.2. The average Bonchev–Trinajstić information content (AvgIpc) is 3.45. The Bertz CT molecular complexity index is 1050. The number of likely N-dealkylation sites (tertiary alicyclic amines) is 1. The van der Waals surface area contributed by atoms with Crippen molar-refractivity contribution in [3.05, 3.63) is 52.9 Å². The van der Waals surface area contributed by atoms with Crippen molar-refractivity contribution < 1.29 is 4.79 Å². The first-order valence-electron chi connectivity index (χ1n) is 10.8. The Morgan fingerprint density at radius 3 is 2.60 bits per heavy atom. The lowest BCUT2D eigenvalue weighted by Gasteiger charge is -2.35. The summed E-state index contributed by atoms with van der Waals surface area (Å²) in [6, 6.07) is 8.21. The van der Waals surface area contributed by atoms with Crippen LogP contribution in [0.15, 0.2) is 36.8 Å². The molecule has 156 valence electrons. The summed E-state index contributed by atoms with van der Waals surface area (Å²) >= 11 is 6.27. The number of aromatic nitrogens is 3. The fraction of sp³-hybridized carbons (Fsp3) is 0.435. The number of benzene rings is 1. The molecular formula is C23H26ClN5O. The number of carbonyl (C=O) groups is 1. The molecule has 3 aromatic rings. The van der Waals surface area contributed by atoms with E-state index in [1.807, 2.05) is 12.1 Å². The number of anilines is 1. The number of rotatable bonds is 5. The molecule has 7 heteroatoms. The second kappa shape index (κ2) is 8.36. The summed E-state index contributed by atoms with van der Waals surface area (Å²) < 4.78 is 0. The molecule has 1 saturated heterocycles. The number of nitrogens with one attached hydrogen (secondary N) is 2. The largest absolute Gasteiger partial charge is 0.367 e. The summed E-state index contributed by atoms with van der Waals surface area (Å²) in [5.74, 6) is 0.601. The van der Waals surface area contributed by atoms with Crippen molar-refractivity contribution in [3.8, 4) is 0 Å². The topological polar surface area (TPSA) is 73.9 Å². The number of hydrogen-bond acceptors (Lipinski definition) is 5. The van der Waals surface area contributed by atoms with E-state index in [-0.39, 0.29) is 5.78 Å². The van der Waals surface area contributed by atoms with Gasteiger partial charge in [0.15, 0.2) is 5.78 Å². The number of nitrogens with zero attached hydrogens (tertiary/aromatic N) is 3. The normalized spacial score (nSPS) is 22.4. The molecule has 0 unspecified atom stereocenters. The molecule has 5 rings (SSSR count). The molecule has 2 aromatic heterocycles. The van der Waals surface area contributed by atoms with Crippen LogP contribution in [0.4, 0.5) is 5.82 Å². The standard InChI is InChI=1S/C23H26ClN5O/c24-19-6-2-1-5-17(19)21(30)18-13-25-22-20(18)23(27-14-26-22)28-15-7-9-16(10-8-15)29-11-3-4-12-29/h1-2,5-6,13-16H,3-4,7-12H2,(H2,25,26,27,28). The molecular weight excluding hydrogens is 398 g/mol. The van der Waals surface area contributed by atoms with Gasteiger partial charge in [-0.15, -0.1) is 0 Å². The zero-order valence-electron chi connectivity index (χ0n) is 16.9. The van der Waals surface area contributed by atoms with E-state index in [0.29, 0.717) is 27.8 Å². The maximum absolute atomic E-state index is 13.2. The third-order valence-electron chi connectivity index (χ3n) is 6.53. The Morgan fingerprint density at radius 2 is 1.83 bits per heavy atom. The molecule has 3 heterocycles. The lowest BCUT2D eigenvalue weighted by atomic mass is 9.90. The van der Waals surface area contributed by atoms with Gasteiger partial charge in [-0.1, -0.05) is 23.7 Å². The fourth-order valence-corrected chi connectivity index (χ4v) is 5.15. The van der Waals surface area contributed by atoms with Crippen LogP contribution in [0.25, 0.3) is 11.0 Å². The Morgan fingerprint density at radius 1 is 1.07 bits per heavy atom. The lowest BCUT2D eigenvalue weighted by molar-refractivity contribution is 0.104. The number of carbonyl (C=O) groups excluding carboxylic acids is 1. The van der Waals surface area contributed by atoms with Gasteiger partial charge in [0.1, 0.15) is 17.8 Å². The van der Waals surface area contributed by atoms with Gasteiger partial charge in [-0.3, -0.25) is 4.79 Å². The van der Waals surface area contributed by atoms with Crippen molar-refractivity contribution in [1.29, 1.82) is 0 Å². The van der Waals surface area contributed by atoms with Crippen LogP contribution in [0.3, 0.4) is 0 Å². The molecule has 2 N–H and O–H groups in total. The minimum atomic E-state index is -0.123. The highest BCUT2D eigenvalue weighted by molar-refractivity contribution is 6.35. The quantitative estimate of drug-likeness (QED) is 0.584. The molecule has 2 aliphatic rings. The summed E-state index contributed by atoms with van der Waals surface area (Å²) in [5.41, 5.74) is 1.70. The summed E-state index contributed by atoms with van der Waals surface area (Å²) in [6.07, 6.45) is 10.6. The molecule has 0 radical (unpaired) electrons. The van der Waals surface area contributed by atoms with Crippen LogP contribution >= 0.6 is 11.6 Å². The van der Waals surface area contributed by atoms with Gasteiger partial charge in [0.2, 0.25) is 0 Å². The third kappa shape index (κ3) is 3.70. The van der Waals surface area contributed by atoms with Crippen molar-refractivity contribution >= 4 is 34.2 Å². The van der Waals surface area contributed by atoms with Gasteiger partial charge in [0, 0.05) is 23.8 Å². The van der Waals surface area contributed by atoms with Gasteiger partial charge in [0.25, 0.3) is 0 Å². The van der Waals surface area contributed by atoms with Gasteiger partial charge in [-0.25, -0.2) is 9.97 Å². The van der Waals surface area contributed by atoms with E-state index in [9.17, 15) is 4.79 Å². The van der Waals surface area contributed by atoms with Gasteiger partial charge >= 0.3 is 0 Å². The molecule has 1 aliphatic carbocycles. The second-order valence-electron chi connectivity index (χ2n) is 8.35. The lowest BCUT2D eigenvalue weighted by Crippen LogP contribution is -2.39. The Labute approximate surface area is 181 Å². The zero-order valence-corrected chi connectivity index (χ0v) is 17.7. The van der Waals surface area contributed by atoms with E-state index in [0.717, 1.165) is 30.1 Å². The molecule has 0 spiro atoms. The zero-order chi connectivity index (χ0) is 20.5. The Kier molecular flexibility index (Phi) is 5.44. The highest BCUT2D eigenvalue weighted by Gasteiger charge is 2.28. The maximum Gasteiger partial charge on any atom is 0.196 e. The second-order valence-corrected chi connectivity index (χ2v) is 8.76. The van der Waals surface area contributed by atoms with E-state index in [1.165, 1.54) is 38.8 Å². The summed E-state index contributed by atoms with van der Waals surface area (Å²) in [5, 5.41) is 4.80. The average molecular weight is 424 g/mol. The predicted octanol–water partition coefficient (Wildman–Crippen LogP) is 4.66. The number of H-pyrrole nitrogens is 1. The minimum Gasteiger partial charge on any atom is -0.367 e. The third-order valence-corrected chi connectivity index (χ3v) is 6.86. The minimum absolute atomic E-state index is 0.123. The van der Waals surface area contributed by atoms with Crippen LogP contribution in [0.2, 0.25) is 5.02 Å². The van der Waals surface area contributed by atoms with Crippen LogP contribution in [0.5, 0.6) is 0 Å². The monoisotopic (exact) mass is 423 g/mol. The highest BCUT2D eigenvalue weighted by Crippen LogP contribution is 2.31. The van der Waals surface area contributed by atoms with Crippen molar-refractivity contribution in [2.75, 3.05) is 18.4 Å². The van der Waals surface area contributed by atoms with Crippen LogP contribution in [0.1, 0.15) is 54.4 Å². The molecule has 30 heavy (non-hydrogen) atoms. The molecule has 0 amide bonds. The predicted molar refractivity (Wildman–Crippen MR) is 119 cm³/mol. The number of aromatic amines is 1. The number of ketones is 1. The van der Waals surface area contributed by atoms with Gasteiger partial charge in [-0.2, -0.15) is 0 Å². The van der Waals surface area contributed by atoms with Crippen molar-refractivity contribution in [3.63, 3.8) is 0 Å². The summed E-state index contributed by atoms with van der Waals surface area (Å²) in [4.78, 5) is 27.8. The Balaban J connectivity index is 1.37. The van der Waals surface area contributed by atoms with E-state index in [1.54, 1.807) is 24.7 Å². The molecule has 1 aromatic carbocycles. The SMILES string of the molecule is O=C(c1ccccc1Cl)c1c[nH]c2ncnc(NC3CCC(N4CCCC4)CC3)c12. The highest BCUT2D eigenvalue weighted by atomic mass is 35.5. The van der Waals surface area contributed by atoms with Gasteiger partial charge in [0.05, 0.1) is 16.0 Å². The van der Waals surface area contributed by atoms with Gasteiger partial charge < -0.3 is 15.2 Å². The fourth-order valence-electron chi connectivity index (χ4n) is 4.93. The van der Waals surface area contributed by atoms with Crippen LogP contribution in [0, 0.1) is 0 Å². The smallest absolute Gasteiger partial charge is 0.196 e. The van der Waals surface area contributed by atoms with Crippen molar-refractivity contribution in [1.82, 2.24) is 19.9 Å². The van der Waals surface area contributed by atoms with Crippen LogP contribution in [-0.2, 0) is 0 Å². The number of halogens is 1. The molecule has 1 saturated carbocycles. The first kappa shape index (κ1) is 19.5. The maximum atomic E-state index is 13.2. The van der Waals surface area contributed by atoms with Crippen LogP contribution < -0.4 is 5.32 Å². The van der Waals surface area contributed by atoms with E-state index in [4.69, 9.17) is 11.6 Å². The first-order chi connectivity index (χ1) is 14.7. The van der Waals surface area contributed by atoms with E-state index < -0.39 is 0 Å². The summed E-state index contributed by atoms with van der Waals surface area (Å²) in [7, 11) is 0. The van der Waals surface area contributed by atoms with Crippen molar-refractivity contribution in [2.45, 2.75) is 50.6 Å².